The molecular weight excluding hydrogens is 250 g/mol. The molecule has 0 fully saturated rings. The Morgan fingerprint density at radius 1 is 1.05 bits per heavy atom. The smallest absolute Gasteiger partial charge is 0.387 e. The molecule has 0 saturated heterocycles. The fraction of sp³-hybridized carbons (Fsp3) is 0.0714. The van der Waals surface area contributed by atoms with Crippen molar-refractivity contribution in [3.8, 4) is 11.8 Å². The lowest BCUT2D eigenvalue weighted by molar-refractivity contribution is -0.0498. The molecule has 0 atom stereocenters. The van der Waals surface area contributed by atoms with Gasteiger partial charge in [-0.25, -0.2) is 0 Å². The number of nitrogens with one attached hydrogen (secondary N) is 1. The predicted octanol–water partition coefficient (Wildman–Crippen LogP) is 3.90. The Morgan fingerprint density at radius 2 is 1.79 bits per heavy atom. The number of rotatable bonds is 4. The zero-order valence-corrected chi connectivity index (χ0v) is 9.81. The average molecular weight is 260 g/mol. The monoisotopic (exact) mass is 260 g/mol. The van der Waals surface area contributed by atoms with E-state index in [1.165, 1.54) is 12.1 Å². The summed E-state index contributed by atoms with van der Waals surface area (Å²) in [5.41, 5.74) is 2.01. The van der Waals surface area contributed by atoms with Gasteiger partial charge in [0.2, 0.25) is 0 Å². The normalized spacial score (nSPS) is 10.0. The van der Waals surface area contributed by atoms with Crippen LogP contribution in [0.2, 0.25) is 0 Å². The molecule has 0 aliphatic heterocycles. The number of hydrogen-bond donors (Lipinski definition) is 1. The second-order valence-electron chi connectivity index (χ2n) is 3.72. The molecule has 2 aromatic rings. The SMILES string of the molecule is N#Cc1cccc(Nc2ccc(OC(F)F)cc2)c1. The van der Waals surface area contributed by atoms with E-state index >= 15 is 0 Å². The lowest BCUT2D eigenvalue weighted by Gasteiger charge is -2.08. The predicted molar refractivity (Wildman–Crippen MR) is 67.5 cm³/mol. The number of ether oxygens (including phenoxy) is 1. The first-order chi connectivity index (χ1) is 9.17. The molecule has 0 radical (unpaired) electrons. The molecule has 0 bridgehead atoms. The molecule has 2 rings (SSSR count). The lowest BCUT2D eigenvalue weighted by atomic mass is 10.2. The van der Waals surface area contributed by atoms with Gasteiger partial charge in [-0.2, -0.15) is 14.0 Å². The summed E-state index contributed by atoms with van der Waals surface area (Å²) >= 11 is 0. The summed E-state index contributed by atoms with van der Waals surface area (Å²) in [4.78, 5) is 0. The Hall–Kier alpha value is -2.61. The number of benzene rings is 2. The minimum Gasteiger partial charge on any atom is -0.435 e. The Bertz CT molecular complexity index is 591. The number of nitriles is 1. The standard InChI is InChI=1S/C14H10F2N2O/c15-14(16)19-13-6-4-11(5-7-13)18-12-3-1-2-10(8-12)9-17/h1-8,14,18H. The van der Waals surface area contributed by atoms with Gasteiger partial charge in [0.05, 0.1) is 11.6 Å². The number of halogens is 2. The first-order valence-electron chi connectivity index (χ1n) is 5.49. The zero-order valence-electron chi connectivity index (χ0n) is 9.81. The second kappa shape index (κ2) is 5.83. The van der Waals surface area contributed by atoms with Crippen molar-refractivity contribution in [2.75, 3.05) is 5.32 Å². The number of anilines is 2. The highest BCUT2D eigenvalue weighted by atomic mass is 19.3. The fourth-order valence-corrected chi connectivity index (χ4v) is 1.55. The lowest BCUT2D eigenvalue weighted by Crippen LogP contribution is -2.01. The van der Waals surface area contributed by atoms with Crippen LogP contribution in [0.4, 0.5) is 20.2 Å². The van der Waals surface area contributed by atoms with Gasteiger partial charge in [0.15, 0.2) is 0 Å². The number of hydrogen-bond acceptors (Lipinski definition) is 3. The van der Waals surface area contributed by atoms with Crippen molar-refractivity contribution in [2.24, 2.45) is 0 Å². The van der Waals surface area contributed by atoms with Gasteiger partial charge in [-0.1, -0.05) is 6.07 Å². The van der Waals surface area contributed by atoms with E-state index in [0.29, 0.717) is 5.56 Å². The van der Waals surface area contributed by atoms with Gasteiger partial charge in [-0.3, -0.25) is 0 Å². The van der Waals surface area contributed by atoms with E-state index < -0.39 is 6.61 Å². The van der Waals surface area contributed by atoms with Crippen LogP contribution in [0.3, 0.4) is 0 Å². The third kappa shape index (κ3) is 3.68. The summed E-state index contributed by atoms with van der Waals surface area (Å²) < 4.78 is 28.2. The van der Waals surface area contributed by atoms with E-state index in [1.807, 2.05) is 12.1 Å². The maximum atomic E-state index is 12.0. The second-order valence-corrected chi connectivity index (χ2v) is 3.72. The molecule has 0 amide bonds. The van der Waals surface area contributed by atoms with E-state index in [2.05, 4.69) is 10.1 Å². The largest absolute Gasteiger partial charge is 0.435 e. The highest BCUT2D eigenvalue weighted by Crippen LogP contribution is 2.21. The summed E-state index contributed by atoms with van der Waals surface area (Å²) in [6.45, 7) is -2.83. The van der Waals surface area contributed by atoms with Crippen LogP contribution < -0.4 is 10.1 Å². The van der Waals surface area contributed by atoms with E-state index in [1.54, 1.807) is 30.3 Å². The maximum Gasteiger partial charge on any atom is 0.387 e. The quantitative estimate of drug-likeness (QED) is 0.906. The zero-order chi connectivity index (χ0) is 13.7. The molecule has 0 saturated carbocycles. The first-order valence-corrected chi connectivity index (χ1v) is 5.49. The summed E-state index contributed by atoms with van der Waals surface area (Å²) in [6, 6.07) is 15.1. The Labute approximate surface area is 109 Å². The van der Waals surface area contributed by atoms with Crippen LogP contribution in [0.1, 0.15) is 5.56 Å². The van der Waals surface area contributed by atoms with Crippen LogP contribution in [0, 0.1) is 11.3 Å². The molecule has 0 spiro atoms. The van der Waals surface area contributed by atoms with Crippen molar-refractivity contribution in [1.82, 2.24) is 0 Å². The third-order valence-corrected chi connectivity index (χ3v) is 2.36. The van der Waals surface area contributed by atoms with Gasteiger partial charge >= 0.3 is 6.61 Å². The summed E-state index contributed by atoms with van der Waals surface area (Å²) in [6.07, 6.45) is 0. The van der Waals surface area contributed by atoms with Gasteiger partial charge in [0.1, 0.15) is 5.75 Å². The average Bonchev–Trinajstić information content (AvgIpc) is 2.41. The summed E-state index contributed by atoms with van der Waals surface area (Å²) in [5, 5.41) is 11.8. The van der Waals surface area contributed by atoms with E-state index in [-0.39, 0.29) is 5.75 Å². The van der Waals surface area contributed by atoms with E-state index in [9.17, 15) is 8.78 Å². The number of nitrogens with zero attached hydrogens (tertiary/aromatic N) is 1. The summed E-state index contributed by atoms with van der Waals surface area (Å²) in [7, 11) is 0. The molecule has 0 aliphatic carbocycles. The van der Waals surface area contributed by atoms with Crippen LogP contribution in [0.5, 0.6) is 5.75 Å². The van der Waals surface area contributed by atoms with Gasteiger partial charge in [-0.05, 0) is 42.5 Å². The van der Waals surface area contributed by atoms with Crippen molar-refractivity contribution >= 4 is 11.4 Å². The Kier molecular flexibility index (Phi) is 3.94. The van der Waals surface area contributed by atoms with Crippen LogP contribution in [-0.2, 0) is 0 Å². The highest BCUT2D eigenvalue weighted by molar-refractivity contribution is 5.61. The Balaban J connectivity index is 2.09. The van der Waals surface area contributed by atoms with Crippen molar-refractivity contribution in [2.45, 2.75) is 6.61 Å². The highest BCUT2D eigenvalue weighted by Gasteiger charge is 2.03. The third-order valence-electron chi connectivity index (χ3n) is 2.36. The van der Waals surface area contributed by atoms with Crippen molar-refractivity contribution in [3.05, 3.63) is 54.1 Å². The Morgan fingerprint density at radius 3 is 2.42 bits per heavy atom. The van der Waals surface area contributed by atoms with Gasteiger partial charge in [-0.15, -0.1) is 0 Å². The van der Waals surface area contributed by atoms with Gasteiger partial charge < -0.3 is 10.1 Å². The van der Waals surface area contributed by atoms with E-state index in [4.69, 9.17) is 5.26 Å². The summed E-state index contributed by atoms with van der Waals surface area (Å²) in [5.74, 6) is 0.103. The molecular formula is C14H10F2N2O. The minimum atomic E-state index is -2.83. The minimum absolute atomic E-state index is 0.103. The van der Waals surface area contributed by atoms with E-state index in [0.717, 1.165) is 11.4 Å². The molecule has 2 aromatic carbocycles. The van der Waals surface area contributed by atoms with Crippen molar-refractivity contribution in [1.29, 1.82) is 5.26 Å². The van der Waals surface area contributed by atoms with Gasteiger partial charge in [0.25, 0.3) is 0 Å². The van der Waals surface area contributed by atoms with Crippen LogP contribution in [0.25, 0.3) is 0 Å². The van der Waals surface area contributed by atoms with Crippen LogP contribution in [-0.4, -0.2) is 6.61 Å². The van der Waals surface area contributed by atoms with Gasteiger partial charge in [0, 0.05) is 11.4 Å². The molecule has 1 N–H and O–H groups in total. The molecule has 0 heterocycles. The fourth-order valence-electron chi connectivity index (χ4n) is 1.55. The molecule has 19 heavy (non-hydrogen) atoms. The molecule has 0 unspecified atom stereocenters. The molecule has 96 valence electrons. The topological polar surface area (TPSA) is 45.0 Å². The van der Waals surface area contributed by atoms with Crippen molar-refractivity contribution in [3.63, 3.8) is 0 Å². The van der Waals surface area contributed by atoms with Crippen molar-refractivity contribution < 1.29 is 13.5 Å². The van der Waals surface area contributed by atoms with Crippen LogP contribution >= 0.6 is 0 Å². The number of alkyl halides is 2. The molecule has 5 heteroatoms. The van der Waals surface area contributed by atoms with Crippen LogP contribution in [0.15, 0.2) is 48.5 Å². The molecule has 0 aliphatic rings. The first kappa shape index (κ1) is 12.8. The molecule has 0 aromatic heterocycles. The molecule has 3 nitrogen and oxygen atoms in total. The maximum absolute atomic E-state index is 12.0.